The SMILES string of the molecule is Cc1cc(C)c2ccc(-c3cc(C)[n+](-c4ccccc4)c(C)c3)c-2c(C)c1.[O-][Cl+3]([O-])([O-])[O-]. The molecule has 0 atom stereocenters. The third-order valence-electron chi connectivity index (χ3n) is 5.42. The highest BCUT2D eigenvalue weighted by Crippen LogP contribution is 2.39. The van der Waals surface area contributed by atoms with Gasteiger partial charge in [-0.1, -0.05) is 48.0 Å². The third kappa shape index (κ3) is 5.51. The van der Waals surface area contributed by atoms with E-state index >= 15 is 0 Å². The van der Waals surface area contributed by atoms with Crippen molar-refractivity contribution in [3.05, 3.63) is 94.8 Å². The monoisotopic (exact) mass is 451 g/mol. The van der Waals surface area contributed by atoms with Crippen molar-refractivity contribution < 1.29 is 33.4 Å². The molecule has 0 unspecified atom stereocenters. The molecule has 0 fully saturated rings. The van der Waals surface area contributed by atoms with E-state index in [2.05, 4.69) is 106 Å². The highest BCUT2D eigenvalue weighted by Gasteiger charge is 2.20. The van der Waals surface area contributed by atoms with Gasteiger partial charge in [0.05, 0.1) is 0 Å². The minimum absolute atomic E-state index is 1.21. The Balaban J connectivity index is 0.000000523. The van der Waals surface area contributed by atoms with Crippen molar-refractivity contribution in [2.24, 2.45) is 0 Å². The summed E-state index contributed by atoms with van der Waals surface area (Å²) in [6.07, 6.45) is 0. The Hall–Kier alpha value is -2.80. The normalized spacial score (nSPS) is 11.3. The van der Waals surface area contributed by atoms with Gasteiger partial charge < -0.3 is 0 Å². The average Bonchev–Trinajstić information content (AvgIpc) is 3.08. The van der Waals surface area contributed by atoms with E-state index in [-0.39, 0.29) is 0 Å². The fourth-order valence-corrected chi connectivity index (χ4v) is 4.39. The average molecular weight is 452 g/mol. The summed E-state index contributed by atoms with van der Waals surface area (Å²) in [5.74, 6) is 0. The second-order valence-electron chi connectivity index (χ2n) is 8.01. The number of fused-ring (bicyclic) bond motifs is 1. The molecule has 1 aromatic heterocycles. The Morgan fingerprint density at radius 2 is 1.12 bits per heavy atom. The van der Waals surface area contributed by atoms with Gasteiger partial charge in [0.1, 0.15) is 0 Å². The number of hydrogen-bond donors (Lipinski definition) is 0. The molecule has 0 N–H and O–H groups in total. The summed E-state index contributed by atoms with van der Waals surface area (Å²) in [6, 6.07) is 24.3. The number of halogens is 1. The van der Waals surface area contributed by atoms with Crippen LogP contribution in [0.25, 0.3) is 27.9 Å². The van der Waals surface area contributed by atoms with Crippen LogP contribution in [-0.4, -0.2) is 0 Å². The molecule has 0 spiro atoms. The van der Waals surface area contributed by atoms with Gasteiger partial charge in [-0.2, -0.15) is 4.57 Å². The molecule has 0 amide bonds. The largest absolute Gasteiger partial charge is 0.222 e. The van der Waals surface area contributed by atoms with Gasteiger partial charge in [0, 0.05) is 38.1 Å². The zero-order valence-electron chi connectivity index (χ0n) is 18.8. The summed E-state index contributed by atoms with van der Waals surface area (Å²) in [7, 11) is -4.94. The van der Waals surface area contributed by atoms with E-state index < -0.39 is 10.2 Å². The first-order valence-corrected chi connectivity index (χ1v) is 11.4. The van der Waals surface area contributed by atoms with Crippen molar-refractivity contribution in [1.29, 1.82) is 0 Å². The molecule has 32 heavy (non-hydrogen) atoms. The molecule has 0 bridgehead atoms. The number of pyridine rings is 1. The Morgan fingerprint density at radius 3 is 1.69 bits per heavy atom. The summed E-state index contributed by atoms with van der Waals surface area (Å²) in [4.78, 5) is 0. The lowest BCUT2D eigenvalue weighted by molar-refractivity contribution is -2.00. The highest BCUT2D eigenvalue weighted by atomic mass is 35.7. The van der Waals surface area contributed by atoms with E-state index in [1.165, 1.54) is 56.0 Å². The maximum atomic E-state index is 8.49. The molecule has 2 aliphatic carbocycles. The third-order valence-corrected chi connectivity index (χ3v) is 5.42. The summed E-state index contributed by atoms with van der Waals surface area (Å²) in [6.45, 7) is 11.0. The van der Waals surface area contributed by atoms with E-state index in [9.17, 15) is 0 Å². The molecule has 5 nitrogen and oxygen atoms in total. The van der Waals surface area contributed by atoms with Crippen LogP contribution in [0.15, 0.2) is 66.7 Å². The van der Waals surface area contributed by atoms with Crippen LogP contribution in [0.4, 0.5) is 0 Å². The van der Waals surface area contributed by atoms with E-state index in [0.29, 0.717) is 0 Å². The van der Waals surface area contributed by atoms with Crippen molar-refractivity contribution in [2.45, 2.75) is 34.6 Å². The lowest BCUT2D eigenvalue weighted by Gasteiger charge is -2.17. The Morgan fingerprint density at radius 1 is 0.625 bits per heavy atom. The predicted octanol–water partition coefficient (Wildman–Crippen LogP) is 1.52. The molecule has 0 radical (unpaired) electrons. The van der Waals surface area contributed by atoms with Crippen molar-refractivity contribution in [3.63, 3.8) is 0 Å². The predicted molar refractivity (Wildman–Crippen MR) is 114 cm³/mol. The van der Waals surface area contributed by atoms with E-state index in [1.807, 2.05) is 0 Å². The smallest absolute Gasteiger partial charge is 0.211 e. The van der Waals surface area contributed by atoms with Gasteiger partial charge in [0.25, 0.3) is 0 Å². The standard InChI is InChI=1S/C26H26N.ClHO4/c1-17-13-18(2)24-11-12-25(26(24)19(3)14-17)22-15-20(4)27(21(5)16-22)23-9-7-6-8-10-23;2-1(3,4)5/h6-16H,1-5H3;(H,2,3,4,5)/q+1;/p-1. The van der Waals surface area contributed by atoms with Crippen molar-refractivity contribution >= 4 is 0 Å². The summed E-state index contributed by atoms with van der Waals surface area (Å²) < 4.78 is 36.3. The summed E-state index contributed by atoms with van der Waals surface area (Å²) in [5.41, 5.74) is 13.0. The van der Waals surface area contributed by atoms with Crippen molar-refractivity contribution in [3.8, 4) is 27.9 Å². The second-order valence-corrected chi connectivity index (χ2v) is 8.77. The van der Waals surface area contributed by atoms with Crippen molar-refractivity contribution in [1.82, 2.24) is 0 Å². The molecule has 2 aliphatic rings. The van der Waals surface area contributed by atoms with Crippen LogP contribution in [0.5, 0.6) is 0 Å². The van der Waals surface area contributed by atoms with E-state index in [0.717, 1.165) is 0 Å². The van der Waals surface area contributed by atoms with Gasteiger partial charge in [-0.05, 0) is 54.2 Å². The number of benzene rings is 1. The van der Waals surface area contributed by atoms with E-state index in [1.54, 1.807) is 0 Å². The Kier molecular flexibility index (Phi) is 6.98. The minimum atomic E-state index is -4.94. The summed E-state index contributed by atoms with van der Waals surface area (Å²) in [5, 5.41) is 0. The fourth-order valence-electron chi connectivity index (χ4n) is 4.39. The van der Waals surface area contributed by atoms with Crippen LogP contribution < -0.4 is 23.2 Å². The molecular weight excluding hydrogens is 426 g/mol. The second kappa shape index (κ2) is 9.36. The molecular formula is C26H26ClNO4. The van der Waals surface area contributed by atoms with Gasteiger partial charge >= 0.3 is 0 Å². The number of rotatable bonds is 2. The topological polar surface area (TPSA) is 96.1 Å². The molecule has 0 saturated heterocycles. The molecule has 166 valence electrons. The van der Waals surface area contributed by atoms with Crippen LogP contribution in [0.2, 0.25) is 0 Å². The maximum Gasteiger partial charge on any atom is 0.211 e. The van der Waals surface area contributed by atoms with Gasteiger partial charge in [0.2, 0.25) is 5.69 Å². The lowest BCUT2D eigenvalue weighted by Crippen LogP contribution is -2.68. The zero-order valence-corrected chi connectivity index (χ0v) is 19.6. The molecule has 6 heteroatoms. The quantitative estimate of drug-likeness (QED) is 0.431. The molecule has 1 aromatic carbocycles. The molecule has 4 rings (SSSR count). The number of nitrogens with zero attached hydrogens (tertiary/aromatic N) is 1. The van der Waals surface area contributed by atoms with Crippen LogP contribution in [0, 0.1) is 44.9 Å². The Labute approximate surface area is 190 Å². The van der Waals surface area contributed by atoms with Crippen LogP contribution in [0.1, 0.15) is 28.1 Å². The van der Waals surface area contributed by atoms with Crippen molar-refractivity contribution in [2.75, 3.05) is 0 Å². The highest BCUT2D eigenvalue weighted by molar-refractivity contribution is 5.89. The minimum Gasteiger partial charge on any atom is -0.222 e. The first kappa shape index (κ1) is 23.9. The molecule has 1 heterocycles. The van der Waals surface area contributed by atoms with Gasteiger partial charge in [-0.25, -0.2) is 18.6 Å². The van der Waals surface area contributed by atoms with E-state index in [4.69, 9.17) is 18.6 Å². The molecule has 0 saturated carbocycles. The molecule has 0 aliphatic heterocycles. The first-order valence-electron chi connectivity index (χ1n) is 10.2. The number of hydrogen-bond acceptors (Lipinski definition) is 4. The first-order chi connectivity index (χ1) is 15.0. The summed E-state index contributed by atoms with van der Waals surface area (Å²) >= 11 is 0. The van der Waals surface area contributed by atoms with Crippen LogP contribution in [0.3, 0.4) is 0 Å². The van der Waals surface area contributed by atoms with Crippen LogP contribution in [-0.2, 0) is 0 Å². The number of aryl methyl sites for hydroxylation is 5. The molecule has 2 aromatic rings. The Bertz CT molecular complexity index is 1190. The lowest BCUT2D eigenvalue weighted by atomic mass is 9.97. The number of para-hydroxylation sites is 1. The fraction of sp³-hybridized carbons (Fsp3) is 0.192. The van der Waals surface area contributed by atoms with Gasteiger partial charge in [0.15, 0.2) is 11.4 Å². The van der Waals surface area contributed by atoms with Gasteiger partial charge in [-0.3, -0.25) is 0 Å². The maximum absolute atomic E-state index is 8.49. The van der Waals surface area contributed by atoms with Crippen LogP contribution >= 0.6 is 0 Å². The number of aromatic nitrogens is 1. The zero-order chi connectivity index (χ0) is 23.6. The van der Waals surface area contributed by atoms with Gasteiger partial charge in [-0.15, -0.1) is 10.2 Å².